The summed E-state index contributed by atoms with van der Waals surface area (Å²) in [5.74, 6) is 0.921. The van der Waals surface area contributed by atoms with Gasteiger partial charge in [-0.3, -0.25) is 9.59 Å². The van der Waals surface area contributed by atoms with Gasteiger partial charge in [0.25, 0.3) is 11.8 Å². The number of rotatable bonds is 3. The van der Waals surface area contributed by atoms with E-state index in [-0.39, 0.29) is 11.8 Å². The molecule has 0 saturated carbocycles. The number of anilines is 1. The average molecular weight is 427 g/mol. The molecule has 2 aliphatic heterocycles. The summed E-state index contributed by atoms with van der Waals surface area (Å²) in [6.07, 6.45) is 1.76. The van der Waals surface area contributed by atoms with E-state index in [9.17, 15) is 9.59 Å². The molecule has 0 aliphatic carbocycles. The number of amides is 2. The van der Waals surface area contributed by atoms with Crippen molar-refractivity contribution in [3.8, 4) is 17.2 Å². The number of para-hydroxylation sites is 1. The van der Waals surface area contributed by atoms with E-state index in [4.69, 9.17) is 14.2 Å². The number of benzene rings is 3. The minimum absolute atomic E-state index is 0.336. The van der Waals surface area contributed by atoms with Gasteiger partial charge in [0.15, 0.2) is 11.5 Å². The van der Waals surface area contributed by atoms with Gasteiger partial charge in [-0.1, -0.05) is 36.4 Å². The summed E-state index contributed by atoms with van der Waals surface area (Å²) >= 11 is 0. The van der Waals surface area contributed by atoms with Gasteiger partial charge in [-0.05, 0) is 54.0 Å². The fourth-order valence-corrected chi connectivity index (χ4v) is 4.07. The summed E-state index contributed by atoms with van der Waals surface area (Å²) in [6.45, 7) is 2.77. The van der Waals surface area contributed by atoms with Crippen molar-refractivity contribution in [2.24, 2.45) is 0 Å². The molecule has 6 heteroatoms. The summed E-state index contributed by atoms with van der Waals surface area (Å²) in [7, 11) is 1.56. The SMILES string of the molecule is COc1cc(/C=C2/C(=O)N(c3ccccc3C)C(=O)c3ccccc32)cc2c1OCCO2. The summed E-state index contributed by atoms with van der Waals surface area (Å²) in [4.78, 5) is 28.2. The minimum Gasteiger partial charge on any atom is -0.493 e. The quantitative estimate of drug-likeness (QED) is 0.455. The number of methoxy groups -OCH3 is 1. The third-order valence-electron chi connectivity index (χ3n) is 5.60. The first-order valence-corrected chi connectivity index (χ1v) is 10.3. The van der Waals surface area contributed by atoms with E-state index in [0.717, 1.165) is 5.56 Å². The highest BCUT2D eigenvalue weighted by molar-refractivity contribution is 6.43. The average Bonchev–Trinajstić information content (AvgIpc) is 2.82. The maximum Gasteiger partial charge on any atom is 0.265 e. The van der Waals surface area contributed by atoms with Gasteiger partial charge in [-0.25, -0.2) is 4.90 Å². The Hall–Kier alpha value is -4.06. The second kappa shape index (κ2) is 7.89. The van der Waals surface area contributed by atoms with E-state index in [2.05, 4.69) is 0 Å². The van der Waals surface area contributed by atoms with Crippen molar-refractivity contribution in [3.05, 3.63) is 82.9 Å². The largest absolute Gasteiger partial charge is 0.493 e. The number of hydrogen-bond acceptors (Lipinski definition) is 5. The lowest BCUT2D eigenvalue weighted by Crippen LogP contribution is -2.42. The van der Waals surface area contributed by atoms with Crippen molar-refractivity contribution in [2.45, 2.75) is 6.92 Å². The molecule has 160 valence electrons. The predicted octanol–water partition coefficient (Wildman–Crippen LogP) is 4.50. The number of imide groups is 1. The summed E-state index contributed by atoms with van der Waals surface area (Å²) in [5.41, 5.74) is 3.62. The summed E-state index contributed by atoms with van der Waals surface area (Å²) in [5, 5.41) is 0. The fourth-order valence-electron chi connectivity index (χ4n) is 4.07. The second-order valence-corrected chi connectivity index (χ2v) is 7.58. The zero-order valence-electron chi connectivity index (χ0n) is 17.8. The fraction of sp³-hybridized carbons (Fsp3) is 0.154. The van der Waals surface area contributed by atoms with Gasteiger partial charge in [0, 0.05) is 11.1 Å². The highest BCUT2D eigenvalue weighted by atomic mass is 16.6. The number of ether oxygens (including phenoxy) is 3. The lowest BCUT2D eigenvalue weighted by molar-refractivity contribution is -0.112. The molecule has 6 nitrogen and oxygen atoms in total. The molecule has 0 radical (unpaired) electrons. The third kappa shape index (κ3) is 3.21. The molecule has 0 fully saturated rings. The molecular formula is C26H21NO5. The summed E-state index contributed by atoms with van der Waals surface area (Å²) in [6, 6.07) is 18.1. The second-order valence-electron chi connectivity index (χ2n) is 7.58. The van der Waals surface area contributed by atoms with Crippen LogP contribution in [-0.2, 0) is 4.79 Å². The molecule has 3 aromatic rings. The smallest absolute Gasteiger partial charge is 0.265 e. The maximum atomic E-state index is 13.6. The third-order valence-corrected chi connectivity index (χ3v) is 5.60. The Morgan fingerprint density at radius 3 is 2.41 bits per heavy atom. The normalized spacial score (nSPS) is 16.2. The molecule has 0 atom stereocenters. The highest BCUT2D eigenvalue weighted by Crippen LogP contribution is 2.42. The van der Waals surface area contributed by atoms with Gasteiger partial charge in [0.05, 0.1) is 12.8 Å². The van der Waals surface area contributed by atoms with E-state index in [0.29, 0.717) is 58.4 Å². The van der Waals surface area contributed by atoms with Gasteiger partial charge >= 0.3 is 0 Å². The van der Waals surface area contributed by atoms with E-state index in [1.165, 1.54) is 4.90 Å². The number of fused-ring (bicyclic) bond motifs is 2. The molecule has 2 heterocycles. The summed E-state index contributed by atoms with van der Waals surface area (Å²) < 4.78 is 16.9. The van der Waals surface area contributed by atoms with Crippen molar-refractivity contribution in [2.75, 3.05) is 25.2 Å². The Labute approximate surface area is 185 Å². The predicted molar refractivity (Wildman–Crippen MR) is 121 cm³/mol. The molecule has 0 saturated heterocycles. The van der Waals surface area contributed by atoms with Crippen LogP contribution in [0, 0.1) is 6.92 Å². The minimum atomic E-state index is -0.378. The molecule has 3 aromatic carbocycles. The van der Waals surface area contributed by atoms with Crippen LogP contribution in [0.25, 0.3) is 11.6 Å². The number of aryl methyl sites for hydroxylation is 1. The van der Waals surface area contributed by atoms with Crippen LogP contribution >= 0.6 is 0 Å². The van der Waals surface area contributed by atoms with Gasteiger partial charge in [-0.15, -0.1) is 0 Å². The lowest BCUT2D eigenvalue weighted by Gasteiger charge is -2.29. The van der Waals surface area contributed by atoms with Gasteiger partial charge in [-0.2, -0.15) is 0 Å². The van der Waals surface area contributed by atoms with Crippen molar-refractivity contribution in [1.29, 1.82) is 0 Å². The first-order chi connectivity index (χ1) is 15.6. The number of hydrogen-bond donors (Lipinski definition) is 0. The van der Waals surface area contributed by atoms with E-state index >= 15 is 0 Å². The van der Waals surface area contributed by atoms with Crippen molar-refractivity contribution in [3.63, 3.8) is 0 Å². The van der Waals surface area contributed by atoms with Crippen molar-refractivity contribution < 1.29 is 23.8 Å². The highest BCUT2D eigenvalue weighted by Gasteiger charge is 2.36. The van der Waals surface area contributed by atoms with Crippen LogP contribution in [0.5, 0.6) is 17.2 Å². The standard InChI is InChI=1S/C26H21NO5/c1-16-7-3-6-10-21(16)27-25(28)19-9-5-4-8-18(19)20(26(27)29)13-17-14-22(30-2)24-23(15-17)31-11-12-32-24/h3-10,13-15H,11-12H2,1-2H3/b20-13+. The molecule has 5 rings (SSSR count). The molecule has 0 spiro atoms. The topological polar surface area (TPSA) is 65.1 Å². The molecule has 0 aromatic heterocycles. The first kappa shape index (κ1) is 19.9. The Morgan fingerprint density at radius 2 is 1.62 bits per heavy atom. The van der Waals surface area contributed by atoms with Crippen molar-refractivity contribution >= 4 is 29.2 Å². The Morgan fingerprint density at radius 1 is 0.906 bits per heavy atom. The molecule has 32 heavy (non-hydrogen) atoms. The van der Waals surface area contributed by atoms with Crippen LogP contribution in [0.1, 0.15) is 27.0 Å². The van der Waals surface area contributed by atoms with Crippen LogP contribution in [0.3, 0.4) is 0 Å². The van der Waals surface area contributed by atoms with Crippen LogP contribution in [0.4, 0.5) is 5.69 Å². The maximum absolute atomic E-state index is 13.6. The molecule has 0 N–H and O–H groups in total. The van der Waals surface area contributed by atoms with Crippen LogP contribution in [0.15, 0.2) is 60.7 Å². The van der Waals surface area contributed by atoms with E-state index < -0.39 is 0 Å². The molecule has 0 unspecified atom stereocenters. The zero-order chi connectivity index (χ0) is 22.2. The molecule has 2 aliphatic rings. The van der Waals surface area contributed by atoms with E-state index in [1.54, 1.807) is 43.5 Å². The molecule has 0 bridgehead atoms. The van der Waals surface area contributed by atoms with Crippen molar-refractivity contribution in [1.82, 2.24) is 0 Å². The zero-order valence-corrected chi connectivity index (χ0v) is 17.8. The Kier molecular flexibility index (Phi) is 4.90. The monoisotopic (exact) mass is 427 g/mol. The van der Waals surface area contributed by atoms with Crippen LogP contribution < -0.4 is 19.1 Å². The first-order valence-electron chi connectivity index (χ1n) is 10.3. The Bertz CT molecular complexity index is 1260. The van der Waals surface area contributed by atoms with Crippen LogP contribution in [-0.4, -0.2) is 32.1 Å². The lowest BCUT2D eigenvalue weighted by atomic mass is 9.91. The van der Waals surface area contributed by atoms with Gasteiger partial charge in [0.2, 0.25) is 5.75 Å². The Balaban J connectivity index is 1.69. The number of carbonyl (C=O) groups excluding carboxylic acids is 2. The van der Waals surface area contributed by atoms with Gasteiger partial charge in [0.1, 0.15) is 13.2 Å². The molecular weight excluding hydrogens is 406 g/mol. The van der Waals surface area contributed by atoms with Gasteiger partial charge < -0.3 is 14.2 Å². The number of nitrogens with zero attached hydrogens (tertiary/aromatic N) is 1. The van der Waals surface area contributed by atoms with E-state index in [1.807, 2.05) is 37.3 Å². The molecule has 2 amide bonds. The number of carbonyl (C=O) groups is 2. The van der Waals surface area contributed by atoms with Crippen LogP contribution in [0.2, 0.25) is 0 Å².